The number of aromatic amines is 1. The molecule has 8 nitrogen and oxygen atoms in total. The van der Waals surface area contributed by atoms with Crippen LogP contribution in [0.5, 0.6) is 0 Å². The summed E-state index contributed by atoms with van der Waals surface area (Å²) in [6, 6.07) is 8.64. The van der Waals surface area contributed by atoms with Crippen LogP contribution in [0.4, 0.5) is 10.5 Å². The van der Waals surface area contributed by atoms with E-state index in [1.54, 1.807) is 18.4 Å². The highest BCUT2D eigenvalue weighted by molar-refractivity contribution is 7.10. The molecule has 2 heterocycles. The van der Waals surface area contributed by atoms with E-state index in [9.17, 15) is 14.4 Å². The molecule has 140 valence electrons. The van der Waals surface area contributed by atoms with Gasteiger partial charge in [0.2, 0.25) is 0 Å². The number of thiophene rings is 1. The van der Waals surface area contributed by atoms with Crippen molar-refractivity contribution in [2.24, 2.45) is 0 Å². The minimum absolute atomic E-state index is 0.191. The summed E-state index contributed by atoms with van der Waals surface area (Å²) in [7, 11) is 0. The zero-order valence-electron chi connectivity index (χ0n) is 14.6. The molecule has 2 aromatic heterocycles. The highest BCUT2D eigenvalue weighted by Crippen LogP contribution is 2.23. The van der Waals surface area contributed by atoms with Gasteiger partial charge in [0.1, 0.15) is 6.54 Å². The second kappa shape index (κ2) is 8.45. The van der Waals surface area contributed by atoms with Gasteiger partial charge in [-0.05, 0) is 19.1 Å². The van der Waals surface area contributed by atoms with Crippen molar-refractivity contribution in [3.8, 4) is 0 Å². The van der Waals surface area contributed by atoms with Crippen LogP contribution in [0.2, 0.25) is 0 Å². The molecule has 0 aliphatic rings. The number of hydrogen-bond acceptors (Lipinski definition) is 6. The van der Waals surface area contributed by atoms with E-state index in [-0.39, 0.29) is 18.7 Å². The third-order valence-electron chi connectivity index (χ3n) is 3.73. The Morgan fingerprint density at radius 3 is 2.81 bits per heavy atom. The normalized spacial score (nSPS) is 10.6. The van der Waals surface area contributed by atoms with E-state index in [2.05, 4.69) is 20.8 Å². The third-order valence-corrected chi connectivity index (χ3v) is 4.66. The van der Waals surface area contributed by atoms with Crippen LogP contribution in [0.15, 0.2) is 40.5 Å². The third kappa shape index (κ3) is 4.70. The van der Waals surface area contributed by atoms with Gasteiger partial charge in [-0.2, -0.15) is 5.10 Å². The molecule has 0 saturated carbocycles. The minimum Gasteiger partial charge on any atom is -0.465 e. The first-order chi connectivity index (χ1) is 13.1. The molecule has 3 N–H and O–H groups in total. The average Bonchev–Trinajstić information content (AvgIpc) is 3.10. The fourth-order valence-electron chi connectivity index (χ4n) is 2.55. The smallest absolute Gasteiger partial charge is 0.325 e. The lowest BCUT2D eigenvalue weighted by atomic mass is 10.1. The van der Waals surface area contributed by atoms with Crippen LogP contribution in [-0.4, -0.2) is 35.3 Å². The quantitative estimate of drug-likeness (QED) is 0.563. The number of hydrogen-bond donors (Lipinski definition) is 3. The van der Waals surface area contributed by atoms with E-state index >= 15 is 0 Å². The molecule has 0 bridgehead atoms. The Balaban J connectivity index is 1.65. The van der Waals surface area contributed by atoms with Gasteiger partial charge in [-0.3, -0.25) is 9.59 Å². The number of aromatic nitrogens is 2. The van der Waals surface area contributed by atoms with Gasteiger partial charge in [-0.1, -0.05) is 18.2 Å². The predicted molar refractivity (Wildman–Crippen MR) is 103 cm³/mol. The second-order valence-electron chi connectivity index (χ2n) is 5.64. The number of carbonyl (C=O) groups excluding carboxylic acids is 2. The molecule has 0 fully saturated rings. The number of fused-ring (bicyclic) bond motifs is 1. The van der Waals surface area contributed by atoms with Crippen molar-refractivity contribution in [1.29, 1.82) is 0 Å². The lowest BCUT2D eigenvalue weighted by molar-refractivity contribution is -0.141. The van der Waals surface area contributed by atoms with Gasteiger partial charge in [0.15, 0.2) is 0 Å². The van der Waals surface area contributed by atoms with Crippen molar-refractivity contribution in [1.82, 2.24) is 15.5 Å². The molecule has 0 aliphatic heterocycles. The van der Waals surface area contributed by atoms with E-state index in [4.69, 9.17) is 4.74 Å². The van der Waals surface area contributed by atoms with E-state index in [1.807, 2.05) is 24.3 Å². The first-order valence-electron chi connectivity index (χ1n) is 8.31. The Morgan fingerprint density at radius 2 is 2.04 bits per heavy atom. The first kappa shape index (κ1) is 18.6. The van der Waals surface area contributed by atoms with E-state index in [1.165, 1.54) is 11.3 Å². The topological polar surface area (TPSA) is 113 Å². The molecule has 3 rings (SSSR count). The molecule has 3 aromatic rings. The number of rotatable bonds is 6. The summed E-state index contributed by atoms with van der Waals surface area (Å²) >= 11 is 1.47. The van der Waals surface area contributed by atoms with Crippen LogP contribution < -0.4 is 16.2 Å². The fourth-order valence-corrected chi connectivity index (χ4v) is 3.37. The Labute approximate surface area is 158 Å². The largest absolute Gasteiger partial charge is 0.465 e. The summed E-state index contributed by atoms with van der Waals surface area (Å²) in [5.74, 6) is -0.491. The van der Waals surface area contributed by atoms with Crippen LogP contribution in [0.25, 0.3) is 10.8 Å². The number of H-pyrrole nitrogens is 1. The number of carbonyl (C=O) groups is 2. The van der Waals surface area contributed by atoms with Crippen molar-refractivity contribution in [2.75, 3.05) is 18.5 Å². The number of nitrogens with zero attached hydrogens (tertiary/aromatic N) is 1. The van der Waals surface area contributed by atoms with Crippen molar-refractivity contribution in [3.63, 3.8) is 0 Å². The molecule has 9 heteroatoms. The number of amides is 2. The monoisotopic (exact) mass is 386 g/mol. The first-order valence-corrected chi connectivity index (χ1v) is 9.19. The van der Waals surface area contributed by atoms with Gasteiger partial charge < -0.3 is 15.4 Å². The highest BCUT2D eigenvalue weighted by Gasteiger charge is 2.10. The highest BCUT2D eigenvalue weighted by atomic mass is 32.1. The zero-order valence-corrected chi connectivity index (χ0v) is 15.4. The Bertz CT molecular complexity index is 1030. The molecule has 1 aromatic carbocycles. The van der Waals surface area contributed by atoms with Crippen molar-refractivity contribution < 1.29 is 14.3 Å². The maximum Gasteiger partial charge on any atom is 0.325 e. The molecular formula is C18H18N4O4S. The maximum absolute atomic E-state index is 11.9. The summed E-state index contributed by atoms with van der Waals surface area (Å²) in [4.78, 5) is 35.9. The van der Waals surface area contributed by atoms with Gasteiger partial charge in [0.05, 0.1) is 23.4 Å². The number of ether oxygens (including phenoxy) is 1. The molecule has 0 saturated heterocycles. The number of anilines is 1. The maximum atomic E-state index is 11.9. The summed E-state index contributed by atoms with van der Waals surface area (Å²) in [6.07, 6.45) is 0.522. The average molecular weight is 386 g/mol. The molecule has 0 spiro atoms. The van der Waals surface area contributed by atoms with Gasteiger partial charge >= 0.3 is 12.0 Å². The van der Waals surface area contributed by atoms with Gasteiger partial charge in [0, 0.05) is 22.1 Å². The van der Waals surface area contributed by atoms with E-state index < -0.39 is 12.0 Å². The van der Waals surface area contributed by atoms with E-state index in [0.29, 0.717) is 17.5 Å². The predicted octanol–water partition coefficient (Wildman–Crippen LogP) is 2.26. The standard InChI is InChI=1S/C18H18N4O4S/c1-2-26-16(23)9-19-18(25)20-11-7-12(27-10-11)8-15-13-5-3-4-6-14(13)17(24)22-21-15/h3-7,10H,2,8-9H2,1H3,(H,22,24)(H2,19,20,25). The minimum atomic E-state index is -0.491. The Hall–Kier alpha value is -3.20. The van der Waals surface area contributed by atoms with Crippen molar-refractivity contribution >= 4 is 39.8 Å². The molecule has 0 atom stereocenters. The lowest BCUT2D eigenvalue weighted by Crippen LogP contribution is -2.34. The van der Waals surface area contributed by atoms with Crippen LogP contribution >= 0.6 is 11.3 Å². The fraction of sp³-hybridized carbons (Fsp3) is 0.222. The molecule has 0 unspecified atom stereocenters. The van der Waals surface area contributed by atoms with Crippen molar-refractivity contribution in [3.05, 3.63) is 56.6 Å². The Kier molecular flexibility index (Phi) is 5.82. The number of urea groups is 1. The number of benzene rings is 1. The van der Waals surface area contributed by atoms with Crippen LogP contribution in [-0.2, 0) is 16.0 Å². The summed E-state index contributed by atoms with van der Waals surface area (Å²) in [5, 5.41) is 15.0. The molecular weight excluding hydrogens is 368 g/mol. The van der Waals surface area contributed by atoms with E-state index in [0.717, 1.165) is 16.0 Å². The van der Waals surface area contributed by atoms with Crippen LogP contribution in [0.1, 0.15) is 17.5 Å². The summed E-state index contributed by atoms with van der Waals surface area (Å²) in [5.41, 5.74) is 1.15. The molecule has 27 heavy (non-hydrogen) atoms. The zero-order chi connectivity index (χ0) is 19.2. The SMILES string of the molecule is CCOC(=O)CNC(=O)Nc1csc(Cc2n[nH]c(=O)c3ccccc23)c1. The molecule has 0 radical (unpaired) electrons. The van der Waals surface area contributed by atoms with Gasteiger partial charge in [0.25, 0.3) is 5.56 Å². The van der Waals surface area contributed by atoms with Crippen LogP contribution in [0, 0.1) is 0 Å². The summed E-state index contributed by atoms with van der Waals surface area (Å²) in [6.45, 7) is 1.78. The summed E-state index contributed by atoms with van der Waals surface area (Å²) < 4.78 is 4.74. The second-order valence-corrected chi connectivity index (χ2v) is 6.63. The van der Waals surface area contributed by atoms with Crippen molar-refractivity contribution in [2.45, 2.75) is 13.3 Å². The van der Waals surface area contributed by atoms with Crippen LogP contribution in [0.3, 0.4) is 0 Å². The number of nitrogens with one attached hydrogen (secondary N) is 3. The Morgan fingerprint density at radius 1 is 1.26 bits per heavy atom. The number of esters is 1. The van der Waals surface area contributed by atoms with Gasteiger partial charge in [-0.15, -0.1) is 11.3 Å². The molecule has 0 aliphatic carbocycles. The van der Waals surface area contributed by atoms with Gasteiger partial charge in [-0.25, -0.2) is 9.89 Å². The molecule has 2 amide bonds. The lowest BCUT2D eigenvalue weighted by Gasteiger charge is -2.05.